The topological polar surface area (TPSA) is 40.5 Å². The molecule has 0 saturated carbocycles. The summed E-state index contributed by atoms with van der Waals surface area (Å²) in [7, 11) is 3.34. The van der Waals surface area contributed by atoms with E-state index in [1.54, 1.807) is 20.4 Å². The summed E-state index contributed by atoms with van der Waals surface area (Å²) in [6.07, 6.45) is 4.37. The molecule has 4 nitrogen and oxygen atoms in total. The molecule has 0 spiro atoms. The van der Waals surface area contributed by atoms with Crippen molar-refractivity contribution in [1.82, 2.24) is 4.57 Å². The highest BCUT2D eigenvalue weighted by Gasteiger charge is 2.05. The van der Waals surface area contributed by atoms with Crippen LogP contribution in [0.3, 0.4) is 0 Å². The van der Waals surface area contributed by atoms with Crippen LogP contribution in [0, 0.1) is 0 Å². The average molecular weight is 401 g/mol. The van der Waals surface area contributed by atoms with Gasteiger partial charge in [-0.3, -0.25) is 4.79 Å². The Hall–Kier alpha value is -1.46. The van der Waals surface area contributed by atoms with Gasteiger partial charge in [0.15, 0.2) is 0 Å². The van der Waals surface area contributed by atoms with Crippen molar-refractivity contribution < 1.29 is 9.47 Å². The number of rotatable bonds is 7. The van der Waals surface area contributed by atoms with Gasteiger partial charge in [0.05, 0.1) is 18.2 Å². The number of ether oxygens (including phenoxy) is 2. The summed E-state index contributed by atoms with van der Waals surface area (Å²) in [6.45, 7) is 0.549. The van der Waals surface area contributed by atoms with Crippen molar-refractivity contribution in [2.45, 2.75) is 19.3 Å². The molecule has 0 aliphatic carbocycles. The SMILES string of the molecule is COc1ccc(Cl)c(CCCCOc2cc(=O)n(C)cc2Br)c1. The summed E-state index contributed by atoms with van der Waals surface area (Å²) in [5.41, 5.74) is 0.979. The molecule has 0 aliphatic heterocycles. The Labute approximate surface area is 149 Å². The lowest BCUT2D eigenvalue weighted by Crippen LogP contribution is -2.15. The summed E-state index contributed by atoms with van der Waals surface area (Å²) >= 11 is 9.58. The van der Waals surface area contributed by atoms with E-state index in [9.17, 15) is 4.79 Å². The minimum atomic E-state index is -0.0913. The van der Waals surface area contributed by atoms with Crippen molar-refractivity contribution in [3.05, 3.63) is 55.9 Å². The molecule has 0 N–H and O–H groups in total. The number of aromatic nitrogens is 1. The molecule has 0 fully saturated rings. The van der Waals surface area contributed by atoms with Crippen LogP contribution in [-0.2, 0) is 13.5 Å². The number of nitrogens with zero attached hydrogens (tertiary/aromatic N) is 1. The summed E-state index contributed by atoms with van der Waals surface area (Å²) < 4.78 is 13.2. The molecule has 1 aromatic carbocycles. The molecule has 0 atom stereocenters. The first-order valence-electron chi connectivity index (χ1n) is 7.32. The van der Waals surface area contributed by atoms with E-state index in [0.717, 1.165) is 40.1 Å². The lowest BCUT2D eigenvalue weighted by Gasteiger charge is -2.10. The van der Waals surface area contributed by atoms with E-state index in [0.29, 0.717) is 12.4 Å². The van der Waals surface area contributed by atoms with Gasteiger partial charge in [-0.25, -0.2) is 0 Å². The minimum absolute atomic E-state index is 0.0913. The smallest absolute Gasteiger partial charge is 0.254 e. The van der Waals surface area contributed by atoms with E-state index in [1.807, 2.05) is 18.2 Å². The van der Waals surface area contributed by atoms with Gasteiger partial charge in [0.1, 0.15) is 11.5 Å². The number of hydrogen-bond acceptors (Lipinski definition) is 3. The molecule has 0 bridgehead atoms. The average Bonchev–Trinajstić information content (AvgIpc) is 2.53. The number of halogens is 2. The highest BCUT2D eigenvalue weighted by atomic mass is 79.9. The van der Waals surface area contributed by atoms with Crippen LogP contribution in [0.15, 0.2) is 39.7 Å². The molecule has 0 saturated heterocycles. The van der Waals surface area contributed by atoms with Crippen LogP contribution in [0.25, 0.3) is 0 Å². The van der Waals surface area contributed by atoms with Gasteiger partial charge in [0.25, 0.3) is 5.56 Å². The molecular formula is C17H19BrClNO3. The molecule has 0 radical (unpaired) electrons. The van der Waals surface area contributed by atoms with E-state index in [1.165, 1.54) is 10.6 Å². The van der Waals surface area contributed by atoms with Gasteiger partial charge in [-0.05, 0) is 59.0 Å². The summed E-state index contributed by atoms with van der Waals surface area (Å²) in [6, 6.07) is 7.15. The van der Waals surface area contributed by atoms with E-state index >= 15 is 0 Å². The van der Waals surface area contributed by atoms with Crippen LogP contribution >= 0.6 is 27.5 Å². The predicted molar refractivity (Wildman–Crippen MR) is 95.8 cm³/mol. The normalized spacial score (nSPS) is 10.6. The van der Waals surface area contributed by atoms with Gasteiger partial charge in [0, 0.05) is 24.3 Å². The van der Waals surface area contributed by atoms with Crippen LogP contribution in [0.2, 0.25) is 5.02 Å². The first-order chi connectivity index (χ1) is 11.0. The molecular weight excluding hydrogens is 382 g/mol. The molecule has 6 heteroatoms. The zero-order valence-corrected chi connectivity index (χ0v) is 15.5. The van der Waals surface area contributed by atoms with Crippen molar-refractivity contribution in [2.24, 2.45) is 7.05 Å². The number of methoxy groups -OCH3 is 1. The predicted octanol–water partition coefficient (Wildman–Crippen LogP) is 4.21. The van der Waals surface area contributed by atoms with Crippen LogP contribution in [0.5, 0.6) is 11.5 Å². The maximum Gasteiger partial charge on any atom is 0.254 e. The Morgan fingerprint density at radius 3 is 2.78 bits per heavy atom. The summed E-state index contributed by atoms with van der Waals surface area (Å²) in [4.78, 5) is 11.6. The summed E-state index contributed by atoms with van der Waals surface area (Å²) in [5, 5.41) is 0.751. The second-order valence-electron chi connectivity index (χ2n) is 5.20. The van der Waals surface area contributed by atoms with Crippen LogP contribution in [0.4, 0.5) is 0 Å². The second-order valence-corrected chi connectivity index (χ2v) is 6.46. The minimum Gasteiger partial charge on any atom is -0.497 e. The van der Waals surface area contributed by atoms with Crippen LogP contribution in [0.1, 0.15) is 18.4 Å². The molecule has 1 heterocycles. The van der Waals surface area contributed by atoms with Crippen molar-refractivity contribution in [3.8, 4) is 11.5 Å². The third-order valence-electron chi connectivity index (χ3n) is 3.50. The van der Waals surface area contributed by atoms with Gasteiger partial charge in [0.2, 0.25) is 0 Å². The summed E-state index contributed by atoms with van der Waals surface area (Å²) in [5.74, 6) is 1.39. The van der Waals surface area contributed by atoms with Crippen LogP contribution in [-0.4, -0.2) is 18.3 Å². The third kappa shape index (κ3) is 5.01. The van der Waals surface area contributed by atoms with E-state index in [2.05, 4.69) is 15.9 Å². The Morgan fingerprint density at radius 1 is 1.26 bits per heavy atom. The monoisotopic (exact) mass is 399 g/mol. The van der Waals surface area contributed by atoms with Gasteiger partial charge >= 0.3 is 0 Å². The van der Waals surface area contributed by atoms with Crippen LogP contribution < -0.4 is 15.0 Å². The molecule has 0 aliphatic rings. The van der Waals surface area contributed by atoms with Crippen molar-refractivity contribution >= 4 is 27.5 Å². The Balaban J connectivity index is 1.82. The Kier molecular flexibility index (Phi) is 6.54. The highest BCUT2D eigenvalue weighted by molar-refractivity contribution is 9.10. The van der Waals surface area contributed by atoms with Gasteiger partial charge < -0.3 is 14.0 Å². The lowest BCUT2D eigenvalue weighted by atomic mass is 10.1. The fourth-order valence-corrected chi connectivity index (χ4v) is 2.91. The van der Waals surface area contributed by atoms with E-state index < -0.39 is 0 Å². The fourth-order valence-electron chi connectivity index (χ4n) is 2.16. The Morgan fingerprint density at radius 2 is 2.04 bits per heavy atom. The Bertz CT molecular complexity index is 730. The highest BCUT2D eigenvalue weighted by Crippen LogP contribution is 2.24. The molecule has 124 valence electrons. The van der Waals surface area contributed by atoms with Gasteiger partial charge in [-0.2, -0.15) is 0 Å². The molecule has 23 heavy (non-hydrogen) atoms. The van der Waals surface area contributed by atoms with Crippen molar-refractivity contribution in [3.63, 3.8) is 0 Å². The molecule has 2 aromatic rings. The lowest BCUT2D eigenvalue weighted by molar-refractivity contribution is 0.304. The number of unbranched alkanes of at least 4 members (excludes halogenated alkanes) is 1. The maximum absolute atomic E-state index is 11.6. The number of pyridine rings is 1. The maximum atomic E-state index is 11.6. The molecule has 1 aromatic heterocycles. The zero-order valence-electron chi connectivity index (χ0n) is 13.1. The fraction of sp³-hybridized carbons (Fsp3) is 0.353. The molecule has 0 amide bonds. The molecule has 2 rings (SSSR count). The van der Waals surface area contributed by atoms with E-state index in [4.69, 9.17) is 21.1 Å². The number of hydrogen-bond donors (Lipinski definition) is 0. The number of aryl methyl sites for hydroxylation is 2. The molecule has 0 unspecified atom stereocenters. The van der Waals surface area contributed by atoms with Crippen molar-refractivity contribution in [1.29, 1.82) is 0 Å². The number of benzene rings is 1. The first-order valence-corrected chi connectivity index (χ1v) is 8.49. The third-order valence-corrected chi connectivity index (χ3v) is 4.46. The quantitative estimate of drug-likeness (QED) is 0.654. The van der Waals surface area contributed by atoms with Crippen molar-refractivity contribution in [2.75, 3.05) is 13.7 Å². The van der Waals surface area contributed by atoms with E-state index in [-0.39, 0.29) is 5.56 Å². The van der Waals surface area contributed by atoms with Gasteiger partial charge in [-0.1, -0.05) is 11.6 Å². The first kappa shape index (κ1) is 17.9. The largest absolute Gasteiger partial charge is 0.497 e. The standard InChI is InChI=1S/C17H19BrClNO3/c1-20-11-14(18)16(10-17(20)21)23-8-4-3-5-12-9-13(22-2)6-7-15(12)19/h6-7,9-11H,3-5,8H2,1-2H3. The zero-order chi connectivity index (χ0) is 16.8. The van der Waals surface area contributed by atoms with Gasteiger partial charge in [-0.15, -0.1) is 0 Å². The second kappa shape index (κ2) is 8.41.